The van der Waals surface area contributed by atoms with Crippen molar-refractivity contribution in [3.63, 3.8) is 0 Å². The van der Waals surface area contributed by atoms with E-state index in [0.29, 0.717) is 12.2 Å². The number of hydrogen-bond acceptors (Lipinski definition) is 3. The van der Waals surface area contributed by atoms with Crippen LogP contribution in [-0.4, -0.2) is 15.0 Å². The van der Waals surface area contributed by atoms with E-state index in [2.05, 4.69) is 21.2 Å². The highest BCUT2D eigenvalue weighted by Crippen LogP contribution is 2.13. The highest BCUT2D eigenvalue weighted by molar-refractivity contribution is 9.10. The predicted octanol–water partition coefficient (Wildman–Crippen LogP) is 2.46. The maximum Gasteiger partial charge on any atom is 0.316 e. The molecule has 0 aliphatic carbocycles. The van der Waals surface area contributed by atoms with Crippen LogP contribution in [0, 0.1) is 0 Å². The fourth-order valence-electron chi connectivity index (χ4n) is 2.46. The predicted molar refractivity (Wildman–Crippen MR) is 103 cm³/mol. The molecule has 1 amide bonds. The molecule has 0 fully saturated rings. The normalized spacial score (nSPS) is 10.5. The van der Waals surface area contributed by atoms with Crippen molar-refractivity contribution in [3.8, 4) is 0 Å². The standard InChI is InChI=1S/C19H16BrN3O3/c20-15-6-8-16(9-7-15)21-17(24)13-23-11-10-22(18(25)19(23)26)12-14-4-2-1-3-5-14/h1-11H,12-13H2,(H,21,24). The Bertz CT molecular complexity index is 1020. The lowest BCUT2D eigenvalue weighted by Gasteiger charge is -2.10. The maximum atomic E-state index is 12.3. The molecule has 0 aliphatic heterocycles. The molecule has 0 radical (unpaired) electrons. The number of nitrogens with zero attached hydrogens (tertiary/aromatic N) is 2. The minimum absolute atomic E-state index is 0.226. The Morgan fingerprint density at radius 2 is 1.50 bits per heavy atom. The second kappa shape index (κ2) is 7.97. The summed E-state index contributed by atoms with van der Waals surface area (Å²) in [5.74, 6) is -0.380. The number of benzene rings is 2. The average molecular weight is 414 g/mol. The van der Waals surface area contributed by atoms with Crippen molar-refractivity contribution in [2.24, 2.45) is 0 Å². The van der Waals surface area contributed by atoms with Gasteiger partial charge in [-0.1, -0.05) is 46.3 Å². The van der Waals surface area contributed by atoms with Gasteiger partial charge in [0.25, 0.3) is 0 Å². The molecule has 6 nitrogen and oxygen atoms in total. The maximum absolute atomic E-state index is 12.3. The second-order valence-corrected chi connectivity index (χ2v) is 6.62. The van der Waals surface area contributed by atoms with Gasteiger partial charge in [0.15, 0.2) is 0 Å². The van der Waals surface area contributed by atoms with Gasteiger partial charge in [-0.25, -0.2) is 0 Å². The number of hydrogen-bond donors (Lipinski definition) is 1. The molecule has 2 aromatic carbocycles. The molecule has 0 aliphatic rings. The zero-order valence-corrected chi connectivity index (χ0v) is 15.3. The minimum atomic E-state index is -0.727. The fraction of sp³-hybridized carbons (Fsp3) is 0.105. The first-order valence-electron chi connectivity index (χ1n) is 7.92. The monoisotopic (exact) mass is 413 g/mol. The van der Waals surface area contributed by atoms with Crippen LogP contribution in [0.15, 0.2) is 81.1 Å². The van der Waals surface area contributed by atoms with Crippen LogP contribution in [0.5, 0.6) is 0 Å². The van der Waals surface area contributed by atoms with Gasteiger partial charge < -0.3 is 9.88 Å². The lowest BCUT2D eigenvalue weighted by molar-refractivity contribution is -0.116. The van der Waals surface area contributed by atoms with Gasteiger partial charge in [-0.2, -0.15) is 0 Å². The van der Waals surface area contributed by atoms with Crippen LogP contribution in [-0.2, 0) is 17.9 Å². The molecule has 0 atom stereocenters. The number of anilines is 1. The van der Waals surface area contributed by atoms with E-state index in [-0.39, 0.29) is 12.5 Å². The smallest absolute Gasteiger partial charge is 0.316 e. The van der Waals surface area contributed by atoms with E-state index >= 15 is 0 Å². The van der Waals surface area contributed by atoms with Gasteiger partial charge in [0.2, 0.25) is 5.91 Å². The Balaban J connectivity index is 1.73. The summed E-state index contributed by atoms with van der Waals surface area (Å²) in [5, 5.41) is 2.69. The topological polar surface area (TPSA) is 73.1 Å². The number of carbonyl (C=O) groups excluding carboxylic acids is 1. The van der Waals surface area contributed by atoms with E-state index in [9.17, 15) is 14.4 Å². The highest BCUT2D eigenvalue weighted by atomic mass is 79.9. The van der Waals surface area contributed by atoms with Crippen molar-refractivity contribution in [1.29, 1.82) is 0 Å². The molecular formula is C19H16BrN3O3. The number of amides is 1. The van der Waals surface area contributed by atoms with Gasteiger partial charge in [0.1, 0.15) is 6.54 Å². The van der Waals surface area contributed by atoms with Crippen LogP contribution < -0.4 is 16.4 Å². The van der Waals surface area contributed by atoms with Crippen LogP contribution in [0.25, 0.3) is 0 Å². The van der Waals surface area contributed by atoms with Crippen LogP contribution in [0.2, 0.25) is 0 Å². The first-order valence-corrected chi connectivity index (χ1v) is 8.71. The molecule has 1 N–H and O–H groups in total. The number of carbonyl (C=O) groups is 1. The molecule has 26 heavy (non-hydrogen) atoms. The summed E-state index contributed by atoms with van der Waals surface area (Å²) in [6.07, 6.45) is 2.97. The summed E-state index contributed by atoms with van der Waals surface area (Å²) < 4.78 is 3.34. The number of aromatic nitrogens is 2. The molecule has 132 valence electrons. The van der Waals surface area contributed by atoms with Crippen molar-refractivity contribution in [3.05, 3.63) is 97.7 Å². The van der Waals surface area contributed by atoms with Crippen molar-refractivity contribution in [2.75, 3.05) is 5.32 Å². The Labute approximate surface area is 157 Å². The van der Waals surface area contributed by atoms with E-state index < -0.39 is 11.1 Å². The van der Waals surface area contributed by atoms with Gasteiger partial charge in [0.05, 0.1) is 6.54 Å². The summed E-state index contributed by atoms with van der Waals surface area (Å²) in [6.45, 7) is 0.0805. The van der Waals surface area contributed by atoms with E-state index in [1.54, 1.807) is 24.3 Å². The molecular weight excluding hydrogens is 398 g/mol. The summed E-state index contributed by atoms with van der Waals surface area (Å²) in [4.78, 5) is 36.6. The van der Waals surface area contributed by atoms with E-state index in [4.69, 9.17) is 0 Å². The molecule has 1 aromatic heterocycles. The van der Waals surface area contributed by atoms with Gasteiger partial charge in [-0.05, 0) is 29.8 Å². The first kappa shape index (κ1) is 17.9. The summed E-state index contributed by atoms with van der Waals surface area (Å²) >= 11 is 3.32. The lowest BCUT2D eigenvalue weighted by Crippen LogP contribution is -2.42. The number of halogens is 1. The molecule has 3 aromatic rings. The Morgan fingerprint density at radius 3 is 2.19 bits per heavy atom. The third-order valence-corrected chi connectivity index (χ3v) is 4.30. The first-order chi connectivity index (χ1) is 12.5. The molecule has 0 unspecified atom stereocenters. The lowest BCUT2D eigenvalue weighted by atomic mass is 10.2. The third kappa shape index (κ3) is 4.37. The van der Waals surface area contributed by atoms with Gasteiger partial charge in [0, 0.05) is 22.6 Å². The Morgan fingerprint density at radius 1 is 0.885 bits per heavy atom. The molecule has 0 saturated heterocycles. The van der Waals surface area contributed by atoms with Gasteiger partial charge in [-0.15, -0.1) is 0 Å². The fourth-order valence-corrected chi connectivity index (χ4v) is 2.72. The zero-order chi connectivity index (χ0) is 18.5. The van der Waals surface area contributed by atoms with Gasteiger partial charge in [-0.3, -0.25) is 19.0 Å². The van der Waals surface area contributed by atoms with Crippen molar-refractivity contribution >= 4 is 27.5 Å². The number of nitrogens with one attached hydrogen (secondary N) is 1. The van der Waals surface area contributed by atoms with E-state index in [0.717, 1.165) is 14.6 Å². The Hall–Kier alpha value is -2.93. The van der Waals surface area contributed by atoms with Crippen LogP contribution >= 0.6 is 15.9 Å². The summed E-state index contributed by atoms with van der Waals surface area (Å²) in [6, 6.07) is 16.5. The van der Waals surface area contributed by atoms with Gasteiger partial charge >= 0.3 is 11.1 Å². The van der Waals surface area contributed by atoms with E-state index in [1.807, 2.05) is 30.3 Å². The van der Waals surface area contributed by atoms with Crippen molar-refractivity contribution in [2.45, 2.75) is 13.1 Å². The van der Waals surface area contributed by atoms with Crippen molar-refractivity contribution < 1.29 is 4.79 Å². The molecule has 3 rings (SSSR count). The molecule has 1 heterocycles. The quantitative estimate of drug-likeness (QED) is 0.652. The Kier molecular flexibility index (Phi) is 5.48. The minimum Gasteiger partial charge on any atom is -0.325 e. The molecule has 7 heteroatoms. The van der Waals surface area contributed by atoms with Crippen molar-refractivity contribution in [1.82, 2.24) is 9.13 Å². The third-order valence-electron chi connectivity index (χ3n) is 3.77. The molecule has 0 bridgehead atoms. The largest absolute Gasteiger partial charge is 0.325 e. The molecule has 0 spiro atoms. The van der Waals surface area contributed by atoms with Crippen LogP contribution in [0.4, 0.5) is 5.69 Å². The van der Waals surface area contributed by atoms with Crippen LogP contribution in [0.1, 0.15) is 5.56 Å². The van der Waals surface area contributed by atoms with E-state index in [1.165, 1.54) is 17.0 Å². The summed E-state index contributed by atoms with van der Waals surface area (Å²) in [7, 11) is 0. The zero-order valence-electron chi connectivity index (χ0n) is 13.8. The van der Waals surface area contributed by atoms with Crippen LogP contribution in [0.3, 0.4) is 0 Å². The molecule has 0 saturated carbocycles. The number of rotatable bonds is 5. The average Bonchev–Trinajstić information content (AvgIpc) is 2.64. The highest BCUT2D eigenvalue weighted by Gasteiger charge is 2.09. The SMILES string of the molecule is O=C(Cn1ccn(Cc2ccccc2)c(=O)c1=O)Nc1ccc(Br)cc1. The second-order valence-electron chi connectivity index (χ2n) is 5.70. The summed E-state index contributed by atoms with van der Waals surface area (Å²) in [5.41, 5.74) is 0.144.